The average Bonchev–Trinajstić information content (AvgIpc) is 3.12. The highest BCUT2D eigenvalue weighted by molar-refractivity contribution is 9.10. The summed E-state index contributed by atoms with van der Waals surface area (Å²) < 4.78 is 0.810. The molecule has 1 aliphatic carbocycles. The van der Waals surface area contributed by atoms with Crippen molar-refractivity contribution in [3.8, 4) is 0 Å². The molecular weight excluding hydrogens is 326 g/mol. The van der Waals surface area contributed by atoms with Crippen LogP contribution in [0.1, 0.15) is 28.9 Å². The number of nitrogens with zero attached hydrogens (tertiary/aromatic N) is 3. The van der Waals surface area contributed by atoms with Crippen LogP contribution in [0.2, 0.25) is 0 Å². The average molecular weight is 338 g/mol. The highest BCUT2D eigenvalue weighted by Gasteiger charge is 2.36. The zero-order chi connectivity index (χ0) is 13.4. The van der Waals surface area contributed by atoms with Crippen LogP contribution in [-0.4, -0.2) is 21.9 Å². The number of hydrogen-bond acceptors (Lipinski definition) is 4. The van der Waals surface area contributed by atoms with Crippen molar-refractivity contribution < 1.29 is 4.79 Å². The van der Waals surface area contributed by atoms with Gasteiger partial charge in [-0.15, -0.1) is 11.3 Å². The number of carbonyl (C=O) groups is 1. The van der Waals surface area contributed by atoms with Crippen molar-refractivity contribution in [1.29, 1.82) is 0 Å². The van der Waals surface area contributed by atoms with E-state index in [1.165, 1.54) is 11.3 Å². The van der Waals surface area contributed by atoms with Crippen molar-refractivity contribution >= 4 is 38.3 Å². The Labute approximate surface area is 123 Å². The molecule has 4 nitrogen and oxygen atoms in total. The van der Waals surface area contributed by atoms with Crippen LogP contribution in [0.3, 0.4) is 0 Å². The van der Waals surface area contributed by atoms with Gasteiger partial charge in [-0.25, -0.2) is 4.98 Å². The van der Waals surface area contributed by atoms with Crippen molar-refractivity contribution in [3.63, 3.8) is 0 Å². The number of halogens is 1. The Morgan fingerprint density at radius 2 is 2.26 bits per heavy atom. The molecule has 0 spiro atoms. The number of rotatable bonds is 3. The molecule has 2 heterocycles. The largest absolute Gasteiger partial charge is 0.281 e. The number of pyridine rings is 1. The summed E-state index contributed by atoms with van der Waals surface area (Å²) in [5, 5.41) is 2.75. The Morgan fingerprint density at radius 3 is 2.84 bits per heavy atom. The van der Waals surface area contributed by atoms with Crippen LogP contribution in [0.25, 0.3) is 0 Å². The third-order valence-corrected chi connectivity index (χ3v) is 4.29. The molecule has 0 atom stereocenters. The maximum absolute atomic E-state index is 12.6. The van der Waals surface area contributed by atoms with Crippen molar-refractivity contribution in [2.45, 2.75) is 25.8 Å². The lowest BCUT2D eigenvalue weighted by Crippen LogP contribution is -2.33. The lowest BCUT2D eigenvalue weighted by molar-refractivity contribution is 0.0985. The first-order valence-electron chi connectivity index (χ1n) is 6.01. The van der Waals surface area contributed by atoms with Gasteiger partial charge in [0.05, 0.1) is 11.3 Å². The van der Waals surface area contributed by atoms with E-state index in [1.54, 1.807) is 23.4 Å². The molecule has 1 fully saturated rings. The van der Waals surface area contributed by atoms with Crippen molar-refractivity contribution in [2.75, 3.05) is 4.90 Å². The second-order valence-electron chi connectivity index (χ2n) is 4.57. The van der Waals surface area contributed by atoms with Crippen molar-refractivity contribution in [1.82, 2.24) is 9.97 Å². The number of carbonyl (C=O) groups excluding carboxylic acids is 1. The van der Waals surface area contributed by atoms with Gasteiger partial charge in [0.1, 0.15) is 0 Å². The molecule has 0 aromatic carbocycles. The van der Waals surface area contributed by atoms with Gasteiger partial charge in [-0.05, 0) is 41.8 Å². The van der Waals surface area contributed by atoms with E-state index in [0.29, 0.717) is 5.56 Å². The molecule has 0 unspecified atom stereocenters. The quantitative estimate of drug-likeness (QED) is 0.862. The van der Waals surface area contributed by atoms with Gasteiger partial charge < -0.3 is 0 Å². The molecule has 2 aromatic rings. The highest BCUT2D eigenvalue weighted by atomic mass is 79.9. The maximum Gasteiger partial charge on any atom is 0.261 e. The molecule has 0 saturated heterocycles. The predicted octanol–water partition coefficient (Wildman–Crippen LogP) is 3.42. The summed E-state index contributed by atoms with van der Waals surface area (Å²) >= 11 is 4.86. The summed E-state index contributed by atoms with van der Waals surface area (Å²) in [7, 11) is 0. The minimum Gasteiger partial charge on any atom is -0.281 e. The zero-order valence-electron chi connectivity index (χ0n) is 10.3. The standard InChI is InChI=1S/C13H12BrN3OS/c1-8-7-19-13(16-8)17(11-2-3-11)12(18)9-4-10(14)6-15-5-9/h4-7,11H,2-3H2,1H3. The summed E-state index contributed by atoms with van der Waals surface area (Å²) in [4.78, 5) is 22.9. The Morgan fingerprint density at radius 1 is 1.47 bits per heavy atom. The summed E-state index contributed by atoms with van der Waals surface area (Å²) in [6, 6.07) is 2.09. The van der Waals surface area contributed by atoms with Crippen LogP contribution < -0.4 is 4.90 Å². The van der Waals surface area contributed by atoms with E-state index in [1.807, 2.05) is 12.3 Å². The van der Waals surface area contributed by atoms with Crippen LogP contribution in [0.15, 0.2) is 28.3 Å². The van der Waals surface area contributed by atoms with Gasteiger partial charge in [0.25, 0.3) is 5.91 Å². The van der Waals surface area contributed by atoms with Crippen LogP contribution in [0.4, 0.5) is 5.13 Å². The van der Waals surface area contributed by atoms with Gasteiger partial charge in [0, 0.05) is 28.3 Å². The van der Waals surface area contributed by atoms with Gasteiger partial charge in [-0.2, -0.15) is 0 Å². The molecule has 1 aliphatic rings. The third kappa shape index (κ3) is 2.69. The summed E-state index contributed by atoms with van der Waals surface area (Å²) in [5.74, 6) is -0.0225. The minimum absolute atomic E-state index is 0.0225. The van der Waals surface area contributed by atoms with E-state index in [9.17, 15) is 4.79 Å². The monoisotopic (exact) mass is 337 g/mol. The number of amides is 1. The Balaban J connectivity index is 1.94. The number of hydrogen-bond donors (Lipinski definition) is 0. The first kappa shape index (κ1) is 12.7. The minimum atomic E-state index is -0.0225. The third-order valence-electron chi connectivity index (χ3n) is 2.90. The normalized spacial score (nSPS) is 14.4. The Hall–Kier alpha value is -1.27. The highest BCUT2D eigenvalue weighted by Crippen LogP contribution is 2.34. The van der Waals surface area contributed by atoms with Crippen LogP contribution in [-0.2, 0) is 0 Å². The SMILES string of the molecule is Cc1csc(N(C(=O)c2cncc(Br)c2)C2CC2)n1. The number of anilines is 1. The molecule has 1 amide bonds. The second kappa shape index (κ2) is 5.02. The molecule has 0 aliphatic heterocycles. The number of aryl methyl sites for hydroxylation is 1. The number of aromatic nitrogens is 2. The number of thiazole rings is 1. The molecule has 19 heavy (non-hydrogen) atoms. The van der Waals surface area contributed by atoms with Gasteiger partial charge in [-0.1, -0.05) is 0 Å². The summed E-state index contributed by atoms with van der Waals surface area (Å²) in [5.41, 5.74) is 1.54. The molecule has 6 heteroatoms. The van der Waals surface area contributed by atoms with Crippen LogP contribution in [0.5, 0.6) is 0 Å². The molecule has 0 radical (unpaired) electrons. The lowest BCUT2D eigenvalue weighted by atomic mass is 10.2. The smallest absolute Gasteiger partial charge is 0.261 e. The molecule has 98 valence electrons. The topological polar surface area (TPSA) is 46.1 Å². The van der Waals surface area contributed by atoms with E-state index >= 15 is 0 Å². The molecular formula is C13H12BrN3OS. The fraction of sp³-hybridized carbons (Fsp3) is 0.308. The maximum atomic E-state index is 12.6. The van der Waals surface area contributed by atoms with Gasteiger partial charge >= 0.3 is 0 Å². The Kier molecular flexibility index (Phi) is 3.36. The fourth-order valence-corrected chi connectivity index (χ4v) is 3.10. The first-order valence-corrected chi connectivity index (χ1v) is 7.68. The molecule has 1 saturated carbocycles. The van der Waals surface area contributed by atoms with Crippen LogP contribution >= 0.6 is 27.3 Å². The van der Waals surface area contributed by atoms with Crippen LogP contribution in [0, 0.1) is 6.92 Å². The van der Waals surface area contributed by atoms with Gasteiger partial charge in [0.2, 0.25) is 0 Å². The molecule has 3 rings (SSSR count). The zero-order valence-corrected chi connectivity index (χ0v) is 12.7. The predicted molar refractivity (Wildman–Crippen MR) is 78.6 cm³/mol. The molecule has 0 bridgehead atoms. The Bertz CT molecular complexity index is 624. The fourth-order valence-electron chi connectivity index (χ4n) is 1.86. The van der Waals surface area contributed by atoms with Gasteiger partial charge in [0.15, 0.2) is 5.13 Å². The second-order valence-corrected chi connectivity index (χ2v) is 6.32. The lowest BCUT2D eigenvalue weighted by Gasteiger charge is -2.19. The summed E-state index contributed by atoms with van der Waals surface area (Å²) in [6.07, 6.45) is 5.37. The van der Waals surface area contributed by atoms with Crippen molar-refractivity contribution in [2.24, 2.45) is 0 Å². The van der Waals surface area contributed by atoms with Gasteiger partial charge in [-0.3, -0.25) is 14.7 Å². The first-order chi connectivity index (χ1) is 9.15. The van der Waals surface area contributed by atoms with E-state index < -0.39 is 0 Å². The van der Waals surface area contributed by atoms with Crippen molar-refractivity contribution in [3.05, 3.63) is 39.6 Å². The molecule has 0 N–H and O–H groups in total. The van der Waals surface area contributed by atoms with E-state index in [2.05, 4.69) is 25.9 Å². The van der Waals surface area contributed by atoms with E-state index in [4.69, 9.17) is 0 Å². The van der Waals surface area contributed by atoms with E-state index in [0.717, 1.165) is 28.1 Å². The van der Waals surface area contributed by atoms with E-state index in [-0.39, 0.29) is 11.9 Å². The summed E-state index contributed by atoms with van der Waals surface area (Å²) in [6.45, 7) is 1.94. The molecule has 2 aromatic heterocycles.